The molecule has 0 saturated heterocycles. The maximum Gasteiger partial charge on any atom is 0.338 e. The normalized spacial score (nSPS) is 10.8. The Morgan fingerprint density at radius 3 is 2.62 bits per heavy atom. The maximum atomic E-state index is 12.2. The van der Waals surface area contributed by atoms with Gasteiger partial charge in [0.05, 0.1) is 19.3 Å². The summed E-state index contributed by atoms with van der Waals surface area (Å²) in [6.07, 6.45) is 2.98. The van der Waals surface area contributed by atoms with E-state index in [1.165, 1.54) is 17.4 Å². The van der Waals surface area contributed by atoms with Crippen molar-refractivity contribution in [3.05, 3.63) is 45.8 Å². The van der Waals surface area contributed by atoms with Gasteiger partial charge in [0, 0.05) is 11.0 Å². The van der Waals surface area contributed by atoms with E-state index in [9.17, 15) is 14.7 Å². The Labute approximate surface area is 156 Å². The van der Waals surface area contributed by atoms with Gasteiger partial charge in [-0.2, -0.15) is 0 Å². The summed E-state index contributed by atoms with van der Waals surface area (Å²) in [4.78, 5) is 24.4. The zero-order chi connectivity index (χ0) is 19.3. The summed E-state index contributed by atoms with van der Waals surface area (Å²) in [6, 6.07) is 5.34. The van der Waals surface area contributed by atoms with Crippen LogP contribution in [0.15, 0.2) is 24.3 Å². The van der Waals surface area contributed by atoms with E-state index in [1.54, 1.807) is 38.3 Å². The Kier molecular flexibility index (Phi) is 6.41. The predicted octanol–water partition coefficient (Wildman–Crippen LogP) is 4.12. The highest BCUT2D eigenvalue weighted by Crippen LogP contribution is 2.32. The molecular weight excluding hydrogens is 354 g/mol. The number of hydrogen-bond acceptors (Lipinski definition) is 5. The molecule has 1 heterocycles. The molecule has 138 valence electrons. The van der Waals surface area contributed by atoms with Crippen LogP contribution in [0.2, 0.25) is 0 Å². The van der Waals surface area contributed by atoms with Crippen molar-refractivity contribution in [1.82, 2.24) is 0 Å². The fourth-order valence-corrected chi connectivity index (χ4v) is 3.42. The van der Waals surface area contributed by atoms with E-state index in [1.807, 2.05) is 13.8 Å². The number of methoxy groups -OCH3 is 1. The van der Waals surface area contributed by atoms with E-state index in [-0.39, 0.29) is 5.56 Å². The number of thiophene rings is 1. The van der Waals surface area contributed by atoms with Crippen LogP contribution in [-0.4, -0.2) is 30.7 Å². The molecule has 0 aliphatic heterocycles. The van der Waals surface area contributed by atoms with E-state index in [4.69, 9.17) is 9.47 Å². The summed E-state index contributed by atoms with van der Waals surface area (Å²) in [5.41, 5.74) is 1.56. The van der Waals surface area contributed by atoms with Crippen LogP contribution in [0.1, 0.15) is 33.3 Å². The number of ether oxygens (including phenoxy) is 2. The minimum Gasteiger partial charge on any atom is -0.493 e. The number of carbonyl (C=O) groups excluding carboxylic acids is 1. The van der Waals surface area contributed by atoms with Crippen molar-refractivity contribution in [2.45, 2.75) is 20.8 Å². The first-order valence-electron chi connectivity index (χ1n) is 8.00. The quantitative estimate of drug-likeness (QED) is 0.711. The lowest BCUT2D eigenvalue weighted by atomic mass is 10.1. The number of rotatable bonds is 7. The Morgan fingerprint density at radius 1 is 1.27 bits per heavy atom. The van der Waals surface area contributed by atoms with Gasteiger partial charge in [-0.15, -0.1) is 11.3 Å². The third-order valence-corrected chi connectivity index (χ3v) is 4.87. The van der Waals surface area contributed by atoms with Crippen LogP contribution in [0.5, 0.6) is 11.5 Å². The highest BCUT2D eigenvalue weighted by Gasteiger charge is 2.19. The van der Waals surface area contributed by atoms with Gasteiger partial charge in [-0.1, -0.05) is 6.07 Å². The van der Waals surface area contributed by atoms with E-state index < -0.39 is 11.9 Å². The molecule has 0 spiro atoms. The average molecular weight is 375 g/mol. The Hall–Kier alpha value is -2.80. The number of hydrogen-bond donors (Lipinski definition) is 2. The molecule has 0 radical (unpaired) electrons. The molecule has 6 nitrogen and oxygen atoms in total. The molecule has 0 unspecified atom stereocenters. The largest absolute Gasteiger partial charge is 0.493 e. The van der Waals surface area contributed by atoms with Gasteiger partial charge in [0.2, 0.25) is 5.91 Å². The summed E-state index contributed by atoms with van der Waals surface area (Å²) in [5, 5.41) is 12.3. The second-order valence-electron chi connectivity index (χ2n) is 5.46. The fourth-order valence-electron chi connectivity index (χ4n) is 2.36. The number of benzene rings is 1. The van der Waals surface area contributed by atoms with Gasteiger partial charge >= 0.3 is 5.97 Å². The topological polar surface area (TPSA) is 84.9 Å². The van der Waals surface area contributed by atoms with Crippen LogP contribution in [-0.2, 0) is 4.79 Å². The highest BCUT2D eigenvalue weighted by atomic mass is 32.1. The number of carboxylic acid groups (broad SMARTS) is 1. The molecule has 1 aromatic carbocycles. The van der Waals surface area contributed by atoms with Crippen molar-refractivity contribution in [3.8, 4) is 11.5 Å². The highest BCUT2D eigenvalue weighted by molar-refractivity contribution is 7.16. The molecule has 0 atom stereocenters. The van der Waals surface area contributed by atoms with Crippen molar-refractivity contribution in [3.63, 3.8) is 0 Å². The first kappa shape index (κ1) is 19.5. The van der Waals surface area contributed by atoms with E-state index >= 15 is 0 Å². The molecule has 2 rings (SSSR count). The van der Waals surface area contributed by atoms with Crippen LogP contribution in [0.4, 0.5) is 5.00 Å². The summed E-state index contributed by atoms with van der Waals surface area (Å²) < 4.78 is 10.7. The van der Waals surface area contributed by atoms with Crippen molar-refractivity contribution in [1.29, 1.82) is 0 Å². The minimum absolute atomic E-state index is 0.136. The van der Waals surface area contributed by atoms with E-state index in [2.05, 4.69) is 5.32 Å². The summed E-state index contributed by atoms with van der Waals surface area (Å²) in [5.74, 6) is -0.247. The summed E-state index contributed by atoms with van der Waals surface area (Å²) in [6.45, 7) is 5.97. The van der Waals surface area contributed by atoms with Gasteiger partial charge in [-0.25, -0.2) is 4.79 Å². The molecule has 1 aromatic heterocycles. The zero-order valence-electron chi connectivity index (χ0n) is 15.1. The second kappa shape index (κ2) is 8.53. The molecule has 0 aliphatic rings. The van der Waals surface area contributed by atoms with E-state index in [0.29, 0.717) is 28.7 Å². The molecular formula is C19H21NO5S. The molecule has 2 N–H and O–H groups in total. The standard InChI is InChI=1S/C19H21NO5S/c1-5-25-14-8-6-13(10-15(14)24-4)7-9-16(21)20-18-17(19(22)23)11(2)12(3)26-18/h6-10H,5H2,1-4H3,(H,20,21)(H,22,23)/b9-7+. The summed E-state index contributed by atoms with van der Waals surface area (Å²) >= 11 is 1.25. The van der Waals surface area contributed by atoms with Crippen LogP contribution < -0.4 is 14.8 Å². The number of nitrogens with one attached hydrogen (secondary N) is 1. The van der Waals surface area contributed by atoms with Crippen LogP contribution in [0, 0.1) is 13.8 Å². The molecule has 0 fully saturated rings. The van der Waals surface area contributed by atoms with Gasteiger partial charge in [-0.05, 0) is 50.1 Å². The number of aryl methyl sites for hydroxylation is 1. The lowest BCUT2D eigenvalue weighted by Gasteiger charge is -2.09. The Balaban J connectivity index is 2.16. The average Bonchev–Trinajstić information content (AvgIpc) is 2.88. The third-order valence-electron chi connectivity index (χ3n) is 3.75. The molecule has 7 heteroatoms. The lowest BCUT2D eigenvalue weighted by Crippen LogP contribution is -2.10. The van der Waals surface area contributed by atoms with Gasteiger partial charge in [0.1, 0.15) is 5.00 Å². The van der Waals surface area contributed by atoms with Crippen molar-refractivity contribution in [2.24, 2.45) is 0 Å². The zero-order valence-corrected chi connectivity index (χ0v) is 15.9. The number of aromatic carboxylic acids is 1. The summed E-state index contributed by atoms with van der Waals surface area (Å²) in [7, 11) is 1.55. The van der Waals surface area contributed by atoms with Crippen molar-refractivity contribution in [2.75, 3.05) is 19.0 Å². The van der Waals surface area contributed by atoms with E-state index in [0.717, 1.165) is 10.4 Å². The first-order chi connectivity index (χ1) is 12.4. The number of amides is 1. The van der Waals surface area contributed by atoms with Gasteiger partial charge in [-0.3, -0.25) is 4.79 Å². The molecule has 1 amide bonds. The Bertz CT molecular complexity index is 854. The maximum absolute atomic E-state index is 12.2. The number of anilines is 1. The molecule has 2 aromatic rings. The van der Waals surface area contributed by atoms with Crippen molar-refractivity contribution < 1.29 is 24.2 Å². The monoisotopic (exact) mass is 375 g/mol. The van der Waals surface area contributed by atoms with Crippen molar-refractivity contribution >= 4 is 34.3 Å². The van der Waals surface area contributed by atoms with Gasteiger partial charge in [0.25, 0.3) is 0 Å². The minimum atomic E-state index is -1.05. The molecule has 0 aliphatic carbocycles. The predicted molar refractivity (Wildman–Crippen MR) is 103 cm³/mol. The van der Waals surface area contributed by atoms with Crippen LogP contribution in [0.3, 0.4) is 0 Å². The van der Waals surface area contributed by atoms with Crippen LogP contribution in [0.25, 0.3) is 6.08 Å². The van der Waals surface area contributed by atoms with Crippen LogP contribution >= 0.6 is 11.3 Å². The first-order valence-corrected chi connectivity index (χ1v) is 8.82. The lowest BCUT2D eigenvalue weighted by molar-refractivity contribution is -0.111. The fraction of sp³-hybridized carbons (Fsp3) is 0.263. The Morgan fingerprint density at radius 2 is 2.00 bits per heavy atom. The third kappa shape index (κ3) is 4.43. The molecule has 26 heavy (non-hydrogen) atoms. The van der Waals surface area contributed by atoms with Gasteiger partial charge < -0.3 is 19.9 Å². The molecule has 0 saturated carbocycles. The number of carboxylic acids is 1. The second-order valence-corrected chi connectivity index (χ2v) is 6.68. The SMILES string of the molecule is CCOc1ccc(/C=C/C(=O)Nc2sc(C)c(C)c2C(=O)O)cc1OC. The number of carbonyl (C=O) groups is 2. The molecule has 0 bridgehead atoms. The van der Waals surface area contributed by atoms with Gasteiger partial charge in [0.15, 0.2) is 11.5 Å². The smallest absolute Gasteiger partial charge is 0.338 e.